The zero-order chi connectivity index (χ0) is 19.1. The first-order chi connectivity index (χ1) is 12.5. The highest BCUT2D eigenvalue weighted by molar-refractivity contribution is 5.89. The second-order valence-electron chi connectivity index (χ2n) is 5.37. The summed E-state index contributed by atoms with van der Waals surface area (Å²) in [5.74, 6) is -0.225. The Hall–Kier alpha value is -3.29. The van der Waals surface area contributed by atoms with E-state index in [2.05, 4.69) is 5.32 Å². The molecule has 0 saturated heterocycles. The van der Waals surface area contributed by atoms with Gasteiger partial charge in [0.1, 0.15) is 0 Å². The van der Waals surface area contributed by atoms with Gasteiger partial charge in [-0.1, -0.05) is 6.07 Å². The minimum atomic E-state index is -1.05. The maximum Gasteiger partial charge on any atom is 0.405 e. The van der Waals surface area contributed by atoms with E-state index in [-0.39, 0.29) is 12.2 Å². The Morgan fingerprint density at radius 2 is 1.88 bits per heavy atom. The van der Waals surface area contributed by atoms with E-state index in [9.17, 15) is 14.8 Å². The van der Waals surface area contributed by atoms with Crippen LogP contribution in [0.1, 0.15) is 23.0 Å². The van der Waals surface area contributed by atoms with Crippen LogP contribution < -0.4 is 19.5 Å². The highest BCUT2D eigenvalue weighted by atomic mass is 16.6. The van der Waals surface area contributed by atoms with Crippen LogP contribution in [0.4, 0.5) is 0 Å². The van der Waals surface area contributed by atoms with Gasteiger partial charge >= 0.3 is 11.7 Å². The van der Waals surface area contributed by atoms with Crippen LogP contribution in [0.5, 0.6) is 11.5 Å². The van der Waals surface area contributed by atoms with Crippen molar-refractivity contribution in [2.45, 2.75) is 19.6 Å². The molecule has 2 aromatic rings. The summed E-state index contributed by atoms with van der Waals surface area (Å²) in [6.07, 6.45) is 0.126. The lowest BCUT2D eigenvalue weighted by atomic mass is 10.2. The van der Waals surface area contributed by atoms with Crippen molar-refractivity contribution in [2.75, 3.05) is 14.2 Å². The molecule has 138 valence electrons. The largest absolute Gasteiger partial charge is 0.618 e. The third-order valence-corrected chi connectivity index (χ3v) is 3.60. The molecule has 1 aromatic heterocycles. The maximum atomic E-state index is 12.1. The van der Waals surface area contributed by atoms with Crippen molar-refractivity contribution in [3.05, 3.63) is 59.1 Å². The van der Waals surface area contributed by atoms with Gasteiger partial charge in [-0.2, -0.15) is 4.73 Å². The van der Waals surface area contributed by atoms with E-state index < -0.39 is 18.0 Å². The molecule has 1 heterocycles. The maximum absolute atomic E-state index is 12.1. The van der Waals surface area contributed by atoms with Gasteiger partial charge in [0.05, 0.1) is 14.2 Å². The number of nitrogens with zero attached hydrogens (tertiary/aromatic N) is 1. The summed E-state index contributed by atoms with van der Waals surface area (Å²) in [5, 5.41) is 14.2. The molecule has 0 aliphatic heterocycles. The lowest BCUT2D eigenvalue weighted by Gasteiger charge is -2.14. The molecule has 1 atom stereocenters. The van der Waals surface area contributed by atoms with Gasteiger partial charge in [-0.05, 0) is 30.7 Å². The van der Waals surface area contributed by atoms with Gasteiger partial charge in [0.25, 0.3) is 5.91 Å². The van der Waals surface area contributed by atoms with Gasteiger partial charge in [0.2, 0.25) is 0 Å². The Labute approximate surface area is 150 Å². The Morgan fingerprint density at radius 3 is 2.54 bits per heavy atom. The lowest BCUT2D eigenvalue weighted by Crippen LogP contribution is -2.39. The summed E-state index contributed by atoms with van der Waals surface area (Å²) in [4.78, 5) is 24.1. The van der Waals surface area contributed by atoms with Crippen molar-refractivity contribution in [1.29, 1.82) is 0 Å². The van der Waals surface area contributed by atoms with Gasteiger partial charge in [-0.15, -0.1) is 0 Å². The minimum absolute atomic E-state index is 0.188. The number of amides is 1. The van der Waals surface area contributed by atoms with E-state index in [1.807, 2.05) is 0 Å². The van der Waals surface area contributed by atoms with Crippen LogP contribution in [0.15, 0.2) is 42.6 Å². The molecule has 0 unspecified atom stereocenters. The number of aromatic nitrogens is 1. The van der Waals surface area contributed by atoms with Crippen LogP contribution in [0.2, 0.25) is 0 Å². The number of methoxy groups -OCH3 is 2. The second kappa shape index (κ2) is 8.70. The normalized spacial score (nSPS) is 11.3. The van der Waals surface area contributed by atoms with Crippen LogP contribution in [0.25, 0.3) is 0 Å². The first kappa shape index (κ1) is 19.0. The highest BCUT2D eigenvalue weighted by Crippen LogP contribution is 2.27. The third-order valence-electron chi connectivity index (χ3n) is 3.60. The van der Waals surface area contributed by atoms with Gasteiger partial charge in [-0.25, -0.2) is 4.79 Å². The number of carbonyl (C=O) groups excluding carboxylic acids is 2. The van der Waals surface area contributed by atoms with E-state index in [1.165, 1.54) is 45.5 Å². The van der Waals surface area contributed by atoms with E-state index in [0.717, 1.165) is 5.56 Å². The Kier molecular flexibility index (Phi) is 6.37. The average Bonchev–Trinajstić information content (AvgIpc) is 2.65. The fourth-order valence-electron chi connectivity index (χ4n) is 2.18. The Bertz CT molecular complexity index is 793. The molecule has 8 heteroatoms. The Morgan fingerprint density at radius 1 is 1.15 bits per heavy atom. The van der Waals surface area contributed by atoms with E-state index in [0.29, 0.717) is 16.2 Å². The molecule has 0 bridgehead atoms. The molecular formula is C18H20N2O6. The smallest absolute Gasteiger partial charge is 0.405 e. The number of benzene rings is 1. The summed E-state index contributed by atoms with van der Waals surface area (Å²) < 4.78 is 15.8. The fourth-order valence-corrected chi connectivity index (χ4v) is 2.18. The number of pyridine rings is 1. The van der Waals surface area contributed by atoms with Crippen LogP contribution in [-0.4, -0.2) is 32.2 Å². The molecule has 1 amide bonds. The second-order valence-corrected chi connectivity index (χ2v) is 5.37. The molecule has 0 aliphatic carbocycles. The monoisotopic (exact) mass is 360 g/mol. The van der Waals surface area contributed by atoms with Crippen molar-refractivity contribution < 1.29 is 28.5 Å². The SMILES string of the molecule is COc1ccc(CNC(=O)[C@@H](C)OC(=O)c2cccc[n+]2[O-])cc1OC. The number of carbonyl (C=O) groups is 2. The number of hydrogen-bond donors (Lipinski definition) is 1. The molecule has 1 N–H and O–H groups in total. The van der Waals surface area contributed by atoms with Gasteiger partial charge in [0.15, 0.2) is 23.8 Å². The van der Waals surface area contributed by atoms with Crippen molar-refractivity contribution in [3.63, 3.8) is 0 Å². The standard InChI is InChI=1S/C18H20N2O6/c1-12(26-18(22)14-6-4-5-9-20(14)23)17(21)19-11-13-7-8-15(24-2)16(10-13)25-3/h4-10,12H,11H2,1-3H3,(H,19,21)/t12-/m1/s1. The summed E-state index contributed by atoms with van der Waals surface area (Å²) in [7, 11) is 3.06. The molecule has 0 fully saturated rings. The number of hydrogen-bond acceptors (Lipinski definition) is 6. The summed E-state index contributed by atoms with van der Waals surface area (Å²) in [5.41, 5.74) is 0.599. The van der Waals surface area contributed by atoms with Crippen molar-refractivity contribution in [1.82, 2.24) is 5.32 Å². The van der Waals surface area contributed by atoms with Crippen molar-refractivity contribution >= 4 is 11.9 Å². The van der Waals surface area contributed by atoms with Gasteiger partial charge in [0, 0.05) is 18.7 Å². The average molecular weight is 360 g/mol. The minimum Gasteiger partial charge on any atom is -0.618 e. The molecule has 0 radical (unpaired) electrons. The molecule has 8 nitrogen and oxygen atoms in total. The predicted molar refractivity (Wildman–Crippen MR) is 91.7 cm³/mol. The molecule has 26 heavy (non-hydrogen) atoms. The topological polar surface area (TPSA) is 101 Å². The fraction of sp³-hybridized carbons (Fsp3) is 0.278. The Balaban J connectivity index is 1.93. The third kappa shape index (κ3) is 4.62. The van der Waals surface area contributed by atoms with Crippen LogP contribution in [-0.2, 0) is 16.1 Å². The zero-order valence-electron chi connectivity index (χ0n) is 14.7. The molecule has 2 rings (SSSR count). The predicted octanol–water partition coefficient (Wildman–Crippen LogP) is 1.20. The summed E-state index contributed by atoms with van der Waals surface area (Å²) >= 11 is 0. The quantitative estimate of drug-likeness (QED) is 0.452. The first-order valence-electron chi connectivity index (χ1n) is 7.84. The molecule has 0 aliphatic rings. The van der Waals surface area contributed by atoms with Crippen LogP contribution in [0.3, 0.4) is 0 Å². The van der Waals surface area contributed by atoms with Crippen molar-refractivity contribution in [3.8, 4) is 11.5 Å². The highest BCUT2D eigenvalue weighted by Gasteiger charge is 2.23. The van der Waals surface area contributed by atoms with E-state index in [4.69, 9.17) is 14.2 Å². The number of rotatable bonds is 7. The molecular weight excluding hydrogens is 340 g/mol. The molecule has 0 saturated carbocycles. The van der Waals surface area contributed by atoms with E-state index >= 15 is 0 Å². The van der Waals surface area contributed by atoms with Crippen molar-refractivity contribution in [2.24, 2.45) is 0 Å². The van der Waals surface area contributed by atoms with Crippen LogP contribution in [0, 0.1) is 5.21 Å². The number of nitrogens with one attached hydrogen (secondary N) is 1. The summed E-state index contributed by atoms with van der Waals surface area (Å²) in [6.45, 7) is 1.65. The molecule has 0 spiro atoms. The summed E-state index contributed by atoms with van der Waals surface area (Å²) in [6, 6.07) is 9.59. The van der Waals surface area contributed by atoms with Gasteiger partial charge < -0.3 is 24.7 Å². The first-order valence-corrected chi connectivity index (χ1v) is 7.84. The molecule has 1 aromatic carbocycles. The zero-order valence-corrected chi connectivity index (χ0v) is 14.7. The number of ether oxygens (including phenoxy) is 3. The van der Waals surface area contributed by atoms with E-state index in [1.54, 1.807) is 18.2 Å². The number of esters is 1. The van der Waals surface area contributed by atoms with Crippen LogP contribution >= 0.6 is 0 Å². The van der Waals surface area contributed by atoms with Gasteiger partial charge in [-0.3, -0.25) is 4.79 Å². The lowest BCUT2D eigenvalue weighted by molar-refractivity contribution is -0.608.